The lowest BCUT2D eigenvalue weighted by molar-refractivity contribution is -0.708. The minimum absolute atomic E-state index is 0.490. The summed E-state index contributed by atoms with van der Waals surface area (Å²) >= 11 is 0. The first-order valence-electron chi connectivity index (χ1n) is 11.1. The third-order valence-corrected chi connectivity index (χ3v) is 6.44. The van der Waals surface area contributed by atoms with E-state index in [1.807, 2.05) is 18.2 Å². The van der Waals surface area contributed by atoms with Crippen LogP contribution in [0.5, 0.6) is 0 Å². The van der Waals surface area contributed by atoms with Gasteiger partial charge in [-0.25, -0.2) is 4.57 Å². The number of hydrogen-bond acceptors (Lipinski definition) is 0. The molecule has 5 rings (SSSR count). The van der Waals surface area contributed by atoms with Gasteiger partial charge < -0.3 is 0 Å². The molecule has 1 saturated carbocycles. The molecular formula is C26H29N2+. The van der Waals surface area contributed by atoms with Crippen LogP contribution in [0.25, 0.3) is 11.8 Å². The Hall–Kier alpha value is -2.61. The Balaban J connectivity index is 1.80. The fourth-order valence-electron chi connectivity index (χ4n) is 5.03. The van der Waals surface area contributed by atoms with Crippen LogP contribution in [0.4, 0.5) is 0 Å². The molecule has 3 aromatic rings. The van der Waals surface area contributed by atoms with E-state index in [9.17, 15) is 1.37 Å². The Morgan fingerprint density at radius 1 is 0.929 bits per heavy atom. The highest BCUT2D eigenvalue weighted by Gasteiger charge is 2.40. The highest BCUT2D eigenvalue weighted by molar-refractivity contribution is 5.53. The van der Waals surface area contributed by atoms with Crippen LogP contribution in [0, 0.1) is 13.8 Å². The van der Waals surface area contributed by atoms with Crippen LogP contribution in [0.15, 0.2) is 60.7 Å². The lowest BCUT2D eigenvalue weighted by Crippen LogP contribution is -2.43. The van der Waals surface area contributed by atoms with E-state index < -0.39 is 6.02 Å². The van der Waals surface area contributed by atoms with Gasteiger partial charge in [0, 0.05) is 12.5 Å². The van der Waals surface area contributed by atoms with E-state index in [2.05, 4.69) is 71.5 Å². The monoisotopic (exact) mass is 370 g/mol. The molecule has 1 fully saturated rings. The van der Waals surface area contributed by atoms with Crippen molar-refractivity contribution in [2.24, 2.45) is 0 Å². The maximum atomic E-state index is 9.55. The number of aryl methyl sites for hydroxylation is 1. The summed E-state index contributed by atoms with van der Waals surface area (Å²) in [5.41, 5.74) is 5.96. The van der Waals surface area contributed by atoms with Gasteiger partial charge in [0.15, 0.2) is 11.4 Å². The summed E-state index contributed by atoms with van der Waals surface area (Å²) in [5.74, 6) is 1.79. The molecule has 0 saturated heterocycles. The van der Waals surface area contributed by atoms with Crippen LogP contribution in [0.1, 0.15) is 73.7 Å². The highest BCUT2D eigenvalue weighted by Crippen LogP contribution is 2.37. The fourth-order valence-corrected chi connectivity index (χ4v) is 5.03. The van der Waals surface area contributed by atoms with Crippen LogP contribution in [0.3, 0.4) is 0 Å². The first-order valence-corrected chi connectivity index (χ1v) is 10.6. The second-order valence-electron chi connectivity index (χ2n) is 8.21. The van der Waals surface area contributed by atoms with E-state index >= 15 is 0 Å². The Bertz CT molecular complexity index is 1070. The van der Waals surface area contributed by atoms with Crippen molar-refractivity contribution in [3.63, 3.8) is 0 Å². The van der Waals surface area contributed by atoms with Crippen LogP contribution in [-0.4, -0.2) is 4.57 Å². The predicted octanol–water partition coefficient (Wildman–Crippen LogP) is 6.05. The van der Waals surface area contributed by atoms with E-state index in [0.29, 0.717) is 5.92 Å². The second-order valence-corrected chi connectivity index (χ2v) is 8.21. The Kier molecular flexibility index (Phi) is 4.14. The molecule has 0 N–H and O–H groups in total. The van der Waals surface area contributed by atoms with E-state index in [1.165, 1.54) is 60.6 Å². The number of para-hydroxylation sites is 1. The molecule has 2 nitrogen and oxygen atoms in total. The third kappa shape index (κ3) is 2.74. The van der Waals surface area contributed by atoms with Crippen molar-refractivity contribution in [1.82, 2.24) is 4.57 Å². The number of benzene rings is 2. The van der Waals surface area contributed by atoms with Crippen molar-refractivity contribution in [3.8, 4) is 5.69 Å². The van der Waals surface area contributed by atoms with E-state index in [0.717, 1.165) is 5.56 Å². The fraction of sp³-hybridized carbons (Fsp3) is 0.346. The zero-order valence-corrected chi connectivity index (χ0v) is 16.9. The summed E-state index contributed by atoms with van der Waals surface area (Å²) in [6.07, 6.45) is 10.5. The summed E-state index contributed by atoms with van der Waals surface area (Å²) in [6, 6.07) is 18.1. The number of rotatable bonds is 3. The third-order valence-electron chi connectivity index (χ3n) is 6.44. The molecule has 1 unspecified atom stereocenters. The molecule has 1 aliphatic carbocycles. The zero-order valence-electron chi connectivity index (χ0n) is 17.9. The zero-order chi connectivity index (χ0) is 20.0. The average molecular weight is 371 g/mol. The molecule has 0 bridgehead atoms. The molecule has 1 aromatic heterocycles. The first-order chi connectivity index (χ1) is 14.1. The minimum atomic E-state index is -0.887. The summed E-state index contributed by atoms with van der Waals surface area (Å²) < 4.78 is 14.3. The second kappa shape index (κ2) is 7.09. The maximum Gasteiger partial charge on any atom is 0.266 e. The standard InChI is InChI=1S/C26H29N2/c1-19-11-9-10-16-23(19)27-20(2)24-17-18-25(21-12-5-3-6-13-21)28(24)26(27)22-14-7-4-8-15-22/h3,5-6,9-13,16-18,22,25H,4,7-8,14-15H2,1-2H3/q+1/i25D. The van der Waals surface area contributed by atoms with Crippen molar-refractivity contribution >= 4 is 6.08 Å². The molecule has 2 aromatic carbocycles. The van der Waals surface area contributed by atoms with E-state index in [4.69, 9.17) is 0 Å². The molecule has 142 valence electrons. The van der Waals surface area contributed by atoms with Gasteiger partial charge in [0.05, 0.1) is 7.29 Å². The number of hydrogen-bond donors (Lipinski definition) is 0. The van der Waals surface area contributed by atoms with Gasteiger partial charge in [-0.3, -0.25) is 0 Å². The molecule has 1 aliphatic heterocycles. The molecule has 0 spiro atoms. The molecule has 0 radical (unpaired) electrons. The van der Waals surface area contributed by atoms with Crippen molar-refractivity contribution in [3.05, 3.63) is 89.0 Å². The van der Waals surface area contributed by atoms with Gasteiger partial charge in [0.25, 0.3) is 5.82 Å². The number of allylic oxidation sites excluding steroid dienone is 1. The highest BCUT2D eigenvalue weighted by atomic mass is 15.2. The quantitative estimate of drug-likeness (QED) is 0.497. The molecule has 28 heavy (non-hydrogen) atoms. The normalized spacial score (nSPS) is 22.3. The minimum Gasteiger partial charge on any atom is -0.216 e. The lowest BCUT2D eigenvalue weighted by atomic mass is 9.88. The van der Waals surface area contributed by atoms with Crippen molar-refractivity contribution < 1.29 is 5.94 Å². The largest absolute Gasteiger partial charge is 0.266 e. The topological polar surface area (TPSA) is 8.81 Å². The van der Waals surface area contributed by atoms with Gasteiger partial charge in [-0.1, -0.05) is 67.8 Å². The Morgan fingerprint density at radius 2 is 1.64 bits per heavy atom. The summed E-state index contributed by atoms with van der Waals surface area (Å²) in [5, 5.41) is 0. The van der Waals surface area contributed by atoms with Gasteiger partial charge in [0.2, 0.25) is 0 Å². The predicted molar refractivity (Wildman–Crippen MR) is 115 cm³/mol. The first kappa shape index (κ1) is 16.4. The lowest BCUT2D eigenvalue weighted by Gasteiger charge is -2.22. The van der Waals surface area contributed by atoms with E-state index in [1.54, 1.807) is 0 Å². The van der Waals surface area contributed by atoms with Crippen LogP contribution >= 0.6 is 0 Å². The Morgan fingerprint density at radius 3 is 2.39 bits per heavy atom. The summed E-state index contributed by atoms with van der Waals surface area (Å²) in [7, 11) is 0. The van der Waals surface area contributed by atoms with Crippen molar-refractivity contribution in [2.45, 2.75) is 57.9 Å². The van der Waals surface area contributed by atoms with Gasteiger partial charge in [-0.15, -0.1) is 0 Å². The molecule has 2 heterocycles. The van der Waals surface area contributed by atoms with Gasteiger partial charge in [-0.05, 0) is 43.5 Å². The van der Waals surface area contributed by atoms with Gasteiger partial charge in [0.1, 0.15) is 11.7 Å². The molecule has 2 aliphatic rings. The number of aromatic nitrogens is 2. The molecule has 1 atom stereocenters. The maximum absolute atomic E-state index is 9.55. The van der Waals surface area contributed by atoms with Crippen molar-refractivity contribution in [1.29, 1.82) is 0 Å². The number of imidazole rings is 1. The van der Waals surface area contributed by atoms with Gasteiger partial charge >= 0.3 is 0 Å². The summed E-state index contributed by atoms with van der Waals surface area (Å²) in [6.45, 7) is 4.40. The Labute approximate surface area is 169 Å². The average Bonchev–Trinajstić information content (AvgIpc) is 3.26. The smallest absolute Gasteiger partial charge is 0.216 e. The van der Waals surface area contributed by atoms with Crippen LogP contribution < -0.4 is 4.57 Å². The molecule has 2 heteroatoms. The number of nitrogens with zero attached hydrogens (tertiary/aromatic N) is 2. The van der Waals surface area contributed by atoms with E-state index in [-0.39, 0.29) is 0 Å². The molecule has 0 amide bonds. The van der Waals surface area contributed by atoms with Gasteiger partial charge in [-0.2, -0.15) is 4.57 Å². The SMILES string of the molecule is [2H]C1(c2ccccc2)C=Cc2c(C)n(-c3ccccc3C)c(C3CCCCC3)[n+]21. The molecular weight excluding hydrogens is 340 g/mol. The van der Waals surface area contributed by atoms with Crippen LogP contribution in [0.2, 0.25) is 0 Å². The van der Waals surface area contributed by atoms with Crippen LogP contribution in [-0.2, 0) is 0 Å². The number of fused-ring (bicyclic) bond motifs is 1. The van der Waals surface area contributed by atoms with Crippen molar-refractivity contribution in [2.75, 3.05) is 0 Å². The summed E-state index contributed by atoms with van der Waals surface area (Å²) in [4.78, 5) is 0.